The smallest absolute Gasteiger partial charge is 0.269 e. The number of methoxy groups -OCH3 is 1. The quantitative estimate of drug-likeness (QED) is 0.588. The lowest BCUT2D eigenvalue weighted by Crippen LogP contribution is -2.50. The van der Waals surface area contributed by atoms with Gasteiger partial charge in [0.05, 0.1) is 7.11 Å². The number of hydrogen-bond acceptors (Lipinski definition) is 5. The number of rotatable bonds is 7. The molecule has 1 aromatic rings. The fraction of sp³-hybridized carbons (Fsp3) is 0.591. The third kappa shape index (κ3) is 4.37. The van der Waals surface area contributed by atoms with E-state index in [2.05, 4.69) is 10.9 Å². The first-order valence-corrected chi connectivity index (χ1v) is 10.5. The molecule has 8 nitrogen and oxygen atoms in total. The van der Waals surface area contributed by atoms with E-state index in [9.17, 15) is 14.4 Å². The summed E-state index contributed by atoms with van der Waals surface area (Å²) in [4.78, 5) is 35.9. The van der Waals surface area contributed by atoms with Crippen molar-refractivity contribution in [1.29, 1.82) is 0 Å². The molecule has 0 aliphatic heterocycles. The van der Waals surface area contributed by atoms with Crippen LogP contribution in [0.3, 0.4) is 0 Å². The van der Waals surface area contributed by atoms with Gasteiger partial charge in [-0.3, -0.25) is 25.2 Å². The number of benzene rings is 1. The Bertz CT molecular complexity index is 818. The second-order valence-corrected chi connectivity index (χ2v) is 9.22. The summed E-state index contributed by atoms with van der Waals surface area (Å²) < 4.78 is 10.5. The van der Waals surface area contributed by atoms with Gasteiger partial charge in [0.25, 0.3) is 11.8 Å². The monoisotopic (exact) mass is 415 g/mol. The minimum Gasteiger partial charge on any atom is -0.493 e. The summed E-state index contributed by atoms with van der Waals surface area (Å²) in [5, 5.41) is 0. The molecular formula is C22H29N3O5. The minimum atomic E-state index is -0.611. The molecule has 4 bridgehead atoms. The molecule has 4 saturated carbocycles. The molecule has 162 valence electrons. The number of nitrogens with one attached hydrogen (secondary N) is 2. The summed E-state index contributed by atoms with van der Waals surface area (Å²) in [6, 6.07) is 4.53. The Kier molecular flexibility index (Phi) is 5.58. The van der Waals surface area contributed by atoms with Crippen molar-refractivity contribution >= 4 is 17.7 Å². The lowest BCUT2D eigenvalue weighted by molar-refractivity contribution is -0.130. The highest BCUT2D eigenvalue weighted by molar-refractivity contribution is 5.96. The summed E-state index contributed by atoms with van der Waals surface area (Å²) in [6.07, 6.45) is 7.90. The zero-order valence-corrected chi connectivity index (χ0v) is 17.2. The Balaban J connectivity index is 1.32. The van der Waals surface area contributed by atoms with Crippen LogP contribution in [0.2, 0.25) is 0 Å². The molecule has 0 unspecified atom stereocenters. The third-order valence-corrected chi connectivity index (χ3v) is 6.81. The van der Waals surface area contributed by atoms with E-state index in [1.807, 2.05) is 0 Å². The van der Waals surface area contributed by atoms with Crippen LogP contribution in [-0.4, -0.2) is 31.4 Å². The van der Waals surface area contributed by atoms with Gasteiger partial charge in [-0.1, -0.05) is 0 Å². The molecule has 0 heterocycles. The maximum absolute atomic E-state index is 12.6. The second-order valence-electron chi connectivity index (χ2n) is 9.22. The molecule has 3 amide bonds. The maximum atomic E-state index is 12.6. The molecule has 0 saturated heterocycles. The van der Waals surface area contributed by atoms with Gasteiger partial charge in [0.1, 0.15) is 0 Å². The summed E-state index contributed by atoms with van der Waals surface area (Å²) in [5.74, 6) is 1.74. The van der Waals surface area contributed by atoms with E-state index >= 15 is 0 Å². The van der Waals surface area contributed by atoms with E-state index in [1.165, 1.54) is 44.6 Å². The van der Waals surface area contributed by atoms with Gasteiger partial charge in [0.2, 0.25) is 5.91 Å². The van der Waals surface area contributed by atoms with Gasteiger partial charge >= 0.3 is 0 Å². The molecule has 30 heavy (non-hydrogen) atoms. The van der Waals surface area contributed by atoms with Crippen molar-refractivity contribution < 1.29 is 23.9 Å². The Morgan fingerprint density at radius 3 is 2.23 bits per heavy atom. The summed E-state index contributed by atoms with van der Waals surface area (Å²) in [6.45, 7) is -0.289. The molecule has 4 N–H and O–H groups in total. The number of carbonyl (C=O) groups excluding carboxylic acids is 3. The molecule has 1 aromatic carbocycles. The highest BCUT2D eigenvalue weighted by atomic mass is 16.5. The summed E-state index contributed by atoms with van der Waals surface area (Å²) >= 11 is 0. The van der Waals surface area contributed by atoms with E-state index in [-0.39, 0.29) is 17.9 Å². The van der Waals surface area contributed by atoms with Crippen LogP contribution in [-0.2, 0) is 9.59 Å². The molecule has 0 aromatic heterocycles. The van der Waals surface area contributed by atoms with Crippen molar-refractivity contribution in [3.05, 3.63) is 23.8 Å². The Hall–Kier alpha value is -2.77. The summed E-state index contributed by atoms with van der Waals surface area (Å²) in [7, 11) is 1.43. The molecule has 8 heteroatoms. The lowest BCUT2D eigenvalue weighted by Gasteiger charge is -2.56. The lowest BCUT2D eigenvalue weighted by atomic mass is 9.49. The van der Waals surface area contributed by atoms with Gasteiger partial charge in [-0.15, -0.1) is 0 Å². The average molecular weight is 415 g/mol. The number of carbonyl (C=O) groups is 3. The molecule has 0 atom stereocenters. The molecule has 4 aliphatic rings. The predicted octanol–water partition coefficient (Wildman–Crippen LogP) is 1.93. The van der Waals surface area contributed by atoms with E-state index in [1.54, 1.807) is 0 Å². The highest BCUT2D eigenvalue weighted by Gasteiger charge is 2.51. The molecular weight excluding hydrogens is 386 g/mol. The van der Waals surface area contributed by atoms with Gasteiger partial charge in [0, 0.05) is 12.0 Å². The zero-order chi connectivity index (χ0) is 21.3. The first-order valence-electron chi connectivity index (χ1n) is 10.5. The number of nitrogens with two attached hydrogens (primary N) is 1. The van der Waals surface area contributed by atoms with Crippen LogP contribution in [0.5, 0.6) is 11.5 Å². The molecule has 5 rings (SSSR count). The van der Waals surface area contributed by atoms with Crippen LogP contribution in [0.25, 0.3) is 0 Å². The Morgan fingerprint density at radius 2 is 1.67 bits per heavy atom. The van der Waals surface area contributed by atoms with Crippen molar-refractivity contribution in [1.82, 2.24) is 10.9 Å². The van der Waals surface area contributed by atoms with Gasteiger partial charge < -0.3 is 15.2 Å². The fourth-order valence-corrected chi connectivity index (χ4v) is 6.17. The standard InChI is InChI=1S/C22H29N3O5/c1-29-18-7-16(2-3-17(18)30-12-19(23)26)21(28)25-24-20(27)11-22-8-13-4-14(9-22)6-15(5-13)10-22/h2-3,7,13-15H,4-6,8-12H2,1H3,(H2,23,26)(H,24,27)(H,25,28). The number of ether oxygens (including phenoxy) is 2. The van der Waals surface area contributed by atoms with Gasteiger partial charge in [-0.05, 0) is 79.9 Å². The van der Waals surface area contributed by atoms with Crippen LogP contribution in [0.15, 0.2) is 18.2 Å². The number of primary amides is 1. The van der Waals surface area contributed by atoms with Gasteiger partial charge in [0.15, 0.2) is 18.1 Å². The van der Waals surface area contributed by atoms with Crippen molar-refractivity contribution in [2.24, 2.45) is 28.9 Å². The minimum absolute atomic E-state index is 0.117. The first-order chi connectivity index (χ1) is 14.4. The second kappa shape index (κ2) is 8.16. The SMILES string of the molecule is COc1cc(C(=O)NNC(=O)CC23CC4CC(CC(C4)C2)C3)ccc1OCC(N)=O. The molecule has 0 spiro atoms. The number of hydrazine groups is 1. The highest BCUT2D eigenvalue weighted by Crippen LogP contribution is 2.61. The average Bonchev–Trinajstić information content (AvgIpc) is 2.68. The maximum Gasteiger partial charge on any atom is 0.269 e. The Labute approximate surface area is 175 Å². The topological polar surface area (TPSA) is 120 Å². The summed E-state index contributed by atoms with van der Waals surface area (Å²) in [5.41, 5.74) is 10.6. The van der Waals surface area contributed by atoms with Crippen LogP contribution >= 0.6 is 0 Å². The third-order valence-electron chi connectivity index (χ3n) is 6.81. The first kappa shape index (κ1) is 20.5. The van der Waals surface area contributed by atoms with Crippen LogP contribution in [0.4, 0.5) is 0 Å². The normalized spacial score (nSPS) is 28.6. The van der Waals surface area contributed by atoms with Crippen LogP contribution in [0, 0.1) is 23.2 Å². The Morgan fingerprint density at radius 1 is 1.03 bits per heavy atom. The zero-order valence-electron chi connectivity index (χ0n) is 17.2. The molecule has 4 aliphatic carbocycles. The van der Waals surface area contributed by atoms with Crippen LogP contribution < -0.4 is 26.1 Å². The molecule has 4 fully saturated rings. The number of hydrogen-bond donors (Lipinski definition) is 3. The fourth-order valence-electron chi connectivity index (χ4n) is 6.17. The van der Waals surface area contributed by atoms with Crippen molar-refractivity contribution in [2.45, 2.75) is 44.9 Å². The predicted molar refractivity (Wildman–Crippen MR) is 109 cm³/mol. The van der Waals surface area contributed by atoms with Crippen molar-refractivity contribution in [3.63, 3.8) is 0 Å². The van der Waals surface area contributed by atoms with E-state index in [0.29, 0.717) is 23.5 Å². The molecule has 0 radical (unpaired) electrons. The van der Waals surface area contributed by atoms with Crippen molar-refractivity contribution in [3.8, 4) is 11.5 Å². The number of amides is 3. The largest absolute Gasteiger partial charge is 0.493 e. The van der Waals surface area contributed by atoms with E-state index in [0.717, 1.165) is 37.0 Å². The van der Waals surface area contributed by atoms with E-state index < -0.39 is 11.8 Å². The van der Waals surface area contributed by atoms with Crippen LogP contribution in [0.1, 0.15) is 55.3 Å². The van der Waals surface area contributed by atoms with Gasteiger partial charge in [-0.2, -0.15) is 0 Å². The van der Waals surface area contributed by atoms with Gasteiger partial charge in [-0.25, -0.2) is 0 Å². The van der Waals surface area contributed by atoms with Crippen molar-refractivity contribution in [2.75, 3.05) is 13.7 Å². The van der Waals surface area contributed by atoms with E-state index in [4.69, 9.17) is 15.2 Å².